The molecule has 0 aliphatic carbocycles. The van der Waals surface area contributed by atoms with Gasteiger partial charge >= 0.3 is 0 Å². The normalized spacial score (nSPS) is 10.7. The van der Waals surface area contributed by atoms with Gasteiger partial charge in [-0.3, -0.25) is 4.79 Å². The van der Waals surface area contributed by atoms with Crippen LogP contribution in [-0.2, 0) is 0 Å². The lowest BCUT2D eigenvalue weighted by molar-refractivity contribution is 0.102. The molecule has 23 heavy (non-hydrogen) atoms. The van der Waals surface area contributed by atoms with Gasteiger partial charge in [-0.05, 0) is 52.9 Å². The quantitative estimate of drug-likeness (QED) is 0.308. The molecule has 0 bridgehead atoms. The number of aromatic nitrogens is 2. The van der Waals surface area contributed by atoms with E-state index in [-0.39, 0.29) is 11.5 Å². The van der Waals surface area contributed by atoms with Crippen molar-refractivity contribution in [3.63, 3.8) is 0 Å². The molecule has 0 fully saturated rings. The van der Waals surface area contributed by atoms with E-state index in [0.717, 1.165) is 9.13 Å². The molecule has 1 heterocycles. The summed E-state index contributed by atoms with van der Waals surface area (Å²) in [6.45, 7) is 0. The number of rotatable bonds is 5. The minimum atomic E-state index is 0.0221. The maximum Gasteiger partial charge on any atom is 0.277 e. The Labute approximate surface area is 155 Å². The number of hydrogen-bond donors (Lipinski definition) is 0. The van der Waals surface area contributed by atoms with Crippen molar-refractivity contribution in [3.8, 4) is 11.5 Å². The number of nitrogens with zero attached hydrogens (tertiary/aromatic N) is 2. The molecule has 0 N–H and O–H groups in total. The summed E-state index contributed by atoms with van der Waals surface area (Å²) in [6, 6.07) is 14.6. The van der Waals surface area contributed by atoms with Crippen molar-refractivity contribution < 1.29 is 9.21 Å². The summed E-state index contributed by atoms with van der Waals surface area (Å²) in [5, 5.41) is 8.89. The zero-order chi connectivity index (χ0) is 16.2. The lowest BCUT2D eigenvalue weighted by atomic mass is 10.2. The molecule has 4 nitrogen and oxygen atoms in total. The first-order valence-electron chi connectivity index (χ1n) is 6.63. The largest absolute Gasteiger partial charge is 0.411 e. The van der Waals surface area contributed by atoms with Crippen molar-refractivity contribution in [1.29, 1.82) is 0 Å². The Bertz CT molecular complexity index is 836. The van der Waals surface area contributed by atoms with Crippen LogP contribution in [-0.4, -0.2) is 21.7 Å². The average Bonchev–Trinajstić information content (AvgIpc) is 3.02. The molecule has 0 radical (unpaired) electrons. The minimum absolute atomic E-state index is 0.0221. The molecule has 3 aromatic rings. The van der Waals surface area contributed by atoms with E-state index in [0.29, 0.717) is 21.7 Å². The number of thioether (sulfide) groups is 1. The lowest BCUT2D eigenvalue weighted by Gasteiger charge is -1.99. The highest BCUT2D eigenvalue weighted by molar-refractivity contribution is 14.1. The lowest BCUT2D eigenvalue weighted by Crippen LogP contribution is -2.02. The maximum atomic E-state index is 12.1. The summed E-state index contributed by atoms with van der Waals surface area (Å²) in [5.41, 5.74) is 1.42. The van der Waals surface area contributed by atoms with E-state index in [9.17, 15) is 4.79 Å². The smallest absolute Gasteiger partial charge is 0.277 e. The van der Waals surface area contributed by atoms with E-state index in [1.165, 1.54) is 11.8 Å². The second-order valence-electron chi connectivity index (χ2n) is 4.60. The van der Waals surface area contributed by atoms with Crippen LogP contribution in [0, 0.1) is 3.57 Å². The Morgan fingerprint density at radius 1 is 1.17 bits per heavy atom. The Balaban J connectivity index is 1.65. The summed E-state index contributed by atoms with van der Waals surface area (Å²) in [6.07, 6.45) is 0. The second kappa shape index (κ2) is 7.46. The molecule has 0 amide bonds. The molecule has 0 unspecified atom stereocenters. The number of Topliss-reactive ketones (excluding diaryl/α,β-unsaturated/α-hetero) is 1. The number of benzene rings is 2. The van der Waals surface area contributed by atoms with Crippen molar-refractivity contribution >= 4 is 51.7 Å². The van der Waals surface area contributed by atoms with E-state index in [1.54, 1.807) is 12.1 Å². The summed E-state index contributed by atoms with van der Waals surface area (Å²) >= 11 is 9.37. The Morgan fingerprint density at radius 2 is 1.96 bits per heavy atom. The predicted molar refractivity (Wildman–Crippen MR) is 99.0 cm³/mol. The van der Waals surface area contributed by atoms with Crippen LogP contribution >= 0.6 is 46.0 Å². The van der Waals surface area contributed by atoms with E-state index >= 15 is 0 Å². The van der Waals surface area contributed by atoms with Gasteiger partial charge in [0.2, 0.25) is 5.89 Å². The first kappa shape index (κ1) is 16.5. The number of ketones is 1. The minimum Gasteiger partial charge on any atom is -0.411 e. The fraction of sp³-hybridized carbons (Fsp3) is 0.0625. The monoisotopic (exact) mass is 456 g/mol. The van der Waals surface area contributed by atoms with Gasteiger partial charge in [-0.2, -0.15) is 0 Å². The zero-order valence-corrected chi connectivity index (χ0v) is 15.4. The summed E-state index contributed by atoms with van der Waals surface area (Å²) in [5.74, 6) is 0.656. The first-order valence-corrected chi connectivity index (χ1v) is 9.07. The first-order chi connectivity index (χ1) is 11.1. The SMILES string of the molecule is O=C(CSc1nnc(-c2cccc(Cl)c2)o1)c1ccc(I)cc1. The van der Waals surface area contributed by atoms with Gasteiger partial charge < -0.3 is 4.42 Å². The van der Waals surface area contributed by atoms with Crippen molar-refractivity contribution in [3.05, 3.63) is 62.7 Å². The molecule has 0 atom stereocenters. The topological polar surface area (TPSA) is 56.0 Å². The fourth-order valence-electron chi connectivity index (χ4n) is 1.85. The Hall–Kier alpha value is -1.38. The van der Waals surface area contributed by atoms with Gasteiger partial charge in [0.05, 0.1) is 5.75 Å². The Kier molecular flexibility index (Phi) is 5.34. The predicted octanol–water partition coefficient (Wildman–Crippen LogP) is 4.97. The second-order valence-corrected chi connectivity index (χ2v) is 7.21. The third-order valence-electron chi connectivity index (χ3n) is 2.97. The average molecular weight is 457 g/mol. The molecule has 1 aromatic heterocycles. The molecule has 7 heteroatoms. The van der Waals surface area contributed by atoms with Gasteiger partial charge in [0.1, 0.15) is 0 Å². The standard InChI is InChI=1S/C16H10ClIN2O2S/c17-12-3-1-2-11(8-12)15-19-20-16(22-15)23-9-14(21)10-4-6-13(18)7-5-10/h1-8H,9H2. The molecule has 116 valence electrons. The number of hydrogen-bond acceptors (Lipinski definition) is 5. The van der Waals surface area contributed by atoms with E-state index in [2.05, 4.69) is 32.8 Å². The van der Waals surface area contributed by atoms with Crippen LogP contribution in [0.2, 0.25) is 5.02 Å². The maximum absolute atomic E-state index is 12.1. The van der Waals surface area contributed by atoms with Crippen molar-refractivity contribution in [2.45, 2.75) is 5.22 Å². The van der Waals surface area contributed by atoms with Gasteiger partial charge in [-0.25, -0.2) is 0 Å². The molecular weight excluding hydrogens is 447 g/mol. The summed E-state index contributed by atoms with van der Waals surface area (Å²) in [4.78, 5) is 12.1. The van der Waals surface area contributed by atoms with Crippen LogP contribution in [0.3, 0.4) is 0 Å². The molecule has 0 aliphatic heterocycles. The molecule has 2 aromatic carbocycles. The van der Waals surface area contributed by atoms with Gasteiger partial charge in [0.15, 0.2) is 5.78 Å². The molecule has 0 aliphatic rings. The third kappa shape index (κ3) is 4.33. The summed E-state index contributed by atoms with van der Waals surface area (Å²) in [7, 11) is 0. The van der Waals surface area contributed by atoms with Crippen LogP contribution in [0.1, 0.15) is 10.4 Å². The summed E-state index contributed by atoms with van der Waals surface area (Å²) < 4.78 is 6.65. The van der Waals surface area contributed by atoms with Crippen LogP contribution in [0.25, 0.3) is 11.5 Å². The van der Waals surface area contributed by atoms with Crippen molar-refractivity contribution in [2.75, 3.05) is 5.75 Å². The molecule has 0 saturated heterocycles. The highest BCUT2D eigenvalue weighted by atomic mass is 127. The number of carbonyl (C=O) groups excluding carboxylic acids is 1. The van der Waals surface area contributed by atoms with Crippen LogP contribution in [0.15, 0.2) is 58.2 Å². The van der Waals surface area contributed by atoms with Crippen molar-refractivity contribution in [2.24, 2.45) is 0 Å². The van der Waals surface area contributed by atoms with Crippen LogP contribution in [0.5, 0.6) is 0 Å². The van der Waals surface area contributed by atoms with Crippen molar-refractivity contribution in [1.82, 2.24) is 10.2 Å². The molecular formula is C16H10ClIN2O2S. The number of carbonyl (C=O) groups is 1. The highest BCUT2D eigenvalue weighted by Gasteiger charge is 2.12. The van der Waals surface area contributed by atoms with Crippen LogP contribution in [0.4, 0.5) is 0 Å². The third-order valence-corrected chi connectivity index (χ3v) is 4.74. The zero-order valence-electron chi connectivity index (χ0n) is 11.7. The van der Waals surface area contributed by atoms with Gasteiger partial charge in [-0.15, -0.1) is 10.2 Å². The van der Waals surface area contributed by atoms with E-state index < -0.39 is 0 Å². The molecule has 0 saturated carbocycles. The van der Waals surface area contributed by atoms with Gasteiger partial charge in [0.25, 0.3) is 5.22 Å². The number of halogens is 2. The van der Waals surface area contributed by atoms with E-state index in [1.807, 2.05) is 36.4 Å². The van der Waals surface area contributed by atoms with Gasteiger partial charge in [0, 0.05) is 19.7 Å². The highest BCUT2D eigenvalue weighted by Crippen LogP contribution is 2.25. The molecule has 0 spiro atoms. The van der Waals surface area contributed by atoms with Gasteiger partial charge in [-0.1, -0.05) is 41.6 Å². The fourth-order valence-corrected chi connectivity index (χ4v) is 3.06. The van der Waals surface area contributed by atoms with E-state index in [4.69, 9.17) is 16.0 Å². The Morgan fingerprint density at radius 3 is 2.70 bits per heavy atom. The van der Waals surface area contributed by atoms with Crippen LogP contribution < -0.4 is 0 Å². The molecule has 3 rings (SSSR count).